The Bertz CT molecular complexity index is 789. The highest BCUT2D eigenvalue weighted by Crippen LogP contribution is 2.24. The molecule has 4 nitrogen and oxygen atoms in total. The van der Waals surface area contributed by atoms with Crippen molar-refractivity contribution in [3.63, 3.8) is 0 Å². The number of carbonyl (C=O) groups excluding carboxylic acids is 1. The lowest BCUT2D eigenvalue weighted by atomic mass is 10.0. The predicted octanol–water partition coefficient (Wildman–Crippen LogP) is 4.95. The zero-order valence-electron chi connectivity index (χ0n) is 14.3. The van der Waals surface area contributed by atoms with Gasteiger partial charge in [0.1, 0.15) is 5.75 Å². The molecule has 0 aliphatic heterocycles. The van der Waals surface area contributed by atoms with Crippen molar-refractivity contribution in [2.75, 3.05) is 6.61 Å². The molecule has 2 rings (SSSR count). The molecule has 6 heteroatoms. The Kier molecular flexibility index (Phi) is 6.85. The lowest BCUT2D eigenvalue weighted by molar-refractivity contribution is -0.123. The van der Waals surface area contributed by atoms with Crippen molar-refractivity contribution < 1.29 is 9.53 Å². The number of carbonyl (C=O) groups is 1. The molecule has 0 spiro atoms. The topological polar surface area (TPSA) is 50.7 Å². The van der Waals surface area contributed by atoms with Crippen molar-refractivity contribution in [3.05, 3.63) is 63.1 Å². The Hall–Kier alpha value is -2.04. The first-order valence-corrected chi connectivity index (χ1v) is 8.62. The van der Waals surface area contributed by atoms with E-state index >= 15 is 0 Å². The van der Waals surface area contributed by atoms with E-state index in [9.17, 15) is 4.79 Å². The minimum absolute atomic E-state index is 0.117. The van der Waals surface area contributed by atoms with Gasteiger partial charge in [-0.15, -0.1) is 0 Å². The molecule has 0 radical (unpaired) electrons. The first-order valence-electron chi connectivity index (χ1n) is 7.87. The van der Waals surface area contributed by atoms with E-state index in [2.05, 4.69) is 30.4 Å². The summed E-state index contributed by atoms with van der Waals surface area (Å²) in [6, 6.07) is 11.0. The van der Waals surface area contributed by atoms with E-state index in [0.717, 1.165) is 11.1 Å². The minimum Gasteiger partial charge on any atom is -0.483 e. The summed E-state index contributed by atoms with van der Waals surface area (Å²) in [5.41, 5.74) is 5.22. The van der Waals surface area contributed by atoms with Crippen LogP contribution in [0, 0.1) is 6.92 Å². The van der Waals surface area contributed by atoms with Gasteiger partial charge in [0, 0.05) is 10.6 Å². The standard InChI is InChI=1S/C19H20Cl2N2O2/c1-12(2)14-5-4-13(3)18(8-14)25-11-19(24)23-22-10-15-6-7-16(20)9-17(15)21/h4-10,12H,11H2,1-3H3,(H,23,24)/b22-10+. The Morgan fingerprint density at radius 1 is 1.24 bits per heavy atom. The SMILES string of the molecule is Cc1ccc(C(C)C)cc1OCC(=O)N/N=C/c1ccc(Cl)cc1Cl. The number of nitrogens with zero attached hydrogens (tertiary/aromatic N) is 1. The molecular weight excluding hydrogens is 359 g/mol. The summed E-state index contributed by atoms with van der Waals surface area (Å²) in [5.74, 6) is 0.743. The van der Waals surface area contributed by atoms with Gasteiger partial charge in [0.15, 0.2) is 6.61 Å². The van der Waals surface area contributed by atoms with Crippen LogP contribution in [-0.2, 0) is 4.79 Å². The number of hydrazone groups is 1. The van der Waals surface area contributed by atoms with Crippen LogP contribution in [0.25, 0.3) is 0 Å². The summed E-state index contributed by atoms with van der Waals surface area (Å²) in [7, 11) is 0. The molecule has 0 bridgehead atoms. The molecule has 25 heavy (non-hydrogen) atoms. The summed E-state index contributed by atoms with van der Waals surface area (Å²) < 4.78 is 5.60. The van der Waals surface area contributed by atoms with E-state index in [1.165, 1.54) is 6.21 Å². The van der Waals surface area contributed by atoms with Gasteiger partial charge in [0.25, 0.3) is 5.91 Å². The van der Waals surface area contributed by atoms with Gasteiger partial charge in [-0.3, -0.25) is 4.79 Å². The number of nitrogens with one attached hydrogen (secondary N) is 1. The van der Waals surface area contributed by atoms with Crippen molar-refractivity contribution in [2.24, 2.45) is 5.10 Å². The number of hydrogen-bond acceptors (Lipinski definition) is 3. The number of ether oxygens (including phenoxy) is 1. The second kappa shape index (κ2) is 8.88. The molecule has 1 N–H and O–H groups in total. The highest BCUT2D eigenvalue weighted by atomic mass is 35.5. The first kappa shape index (κ1) is 19.3. The molecule has 2 aromatic rings. The van der Waals surface area contributed by atoms with E-state index < -0.39 is 0 Å². The fraction of sp³-hybridized carbons (Fsp3) is 0.263. The van der Waals surface area contributed by atoms with Crippen molar-refractivity contribution >= 4 is 35.3 Å². The first-order chi connectivity index (χ1) is 11.9. The monoisotopic (exact) mass is 378 g/mol. The van der Waals surface area contributed by atoms with Gasteiger partial charge in [-0.25, -0.2) is 5.43 Å². The van der Waals surface area contributed by atoms with Gasteiger partial charge >= 0.3 is 0 Å². The summed E-state index contributed by atoms with van der Waals surface area (Å²) in [6.07, 6.45) is 1.46. The number of halogens is 2. The summed E-state index contributed by atoms with van der Waals surface area (Å²) in [4.78, 5) is 11.9. The van der Waals surface area contributed by atoms with Crippen molar-refractivity contribution in [1.82, 2.24) is 5.43 Å². The predicted molar refractivity (Wildman–Crippen MR) is 103 cm³/mol. The molecule has 0 heterocycles. The maximum Gasteiger partial charge on any atom is 0.277 e. The van der Waals surface area contributed by atoms with E-state index in [-0.39, 0.29) is 12.5 Å². The van der Waals surface area contributed by atoms with Crippen molar-refractivity contribution in [1.29, 1.82) is 0 Å². The second-order valence-electron chi connectivity index (χ2n) is 5.93. The quantitative estimate of drug-likeness (QED) is 0.570. The zero-order valence-corrected chi connectivity index (χ0v) is 15.9. The van der Waals surface area contributed by atoms with Crippen LogP contribution in [0.3, 0.4) is 0 Å². The number of rotatable bonds is 6. The average molecular weight is 379 g/mol. The Morgan fingerprint density at radius 2 is 2.00 bits per heavy atom. The summed E-state index contributed by atoms with van der Waals surface area (Å²) in [5, 5.41) is 4.88. The normalized spacial score (nSPS) is 11.1. The van der Waals surface area contributed by atoms with Crippen LogP contribution < -0.4 is 10.2 Å². The van der Waals surface area contributed by atoms with Crippen LogP contribution in [0.1, 0.15) is 36.5 Å². The highest BCUT2D eigenvalue weighted by molar-refractivity contribution is 6.36. The lowest BCUT2D eigenvalue weighted by Gasteiger charge is -2.12. The van der Waals surface area contributed by atoms with Crippen LogP contribution in [0.15, 0.2) is 41.5 Å². The third-order valence-electron chi connectivity index (χ3n) is 3.59. The molecule has 0 aliphatic rings. The summed E-state index contributed by atoms with van der Waals surface area (Å²) >= 11 is 11.9. The second-order valence-corrected chi connectivity index (χ2v) is 6.77. The molecule has 0 aliphatic carbocycles. The number of benzene rings is 2. The van der Waals surface area contributed by atoms with Gasteiger partial charge in [-0.1, -0.05) is 55.2 Å². The van der Waals surface area contributed by atoms with Crippen LogP contribution in [0.4, 0.5) is 0 Å². The van der Waals surface area contributed by atoms with Gasteiger partial charge in [0.05, 0.1) is 11.2 Å². The Morgan fingerprint density at radius 3 is 2.68 bits per heavy atom. The minimum atomic E-state index is -0.351. The van der Waals surface area contributed by atoms with Crippen molar-refractivity contribution in [3.8, 4) is 5.75 Å². The van der Waals surface area contributed by atoms with Gasteiger partial charge in [-0.05, 0) is 42.2 Å². The molecule has 132 valence electrons. The van der Waals surface area contributed by atoms with Crippen LogP contribution in [-0.4, -0.2) is 18.7 Å². The molecule has 1 amide bonds. The molecule has 0 aromatic heterocycles. The van der Waals surface area contributed by atoms with Gasteiger partial charge in [-0.2, -0.15) is 5.10 Å². The molecule has 0 fully saturated rings. The maximum atomic E-state index is 11.9. The van der Waals surface area contributed by atoms with Gasteiger partial charge < -0.3 is 4.74 Å². The molecule has 0 saturated heterocycles. The smallest absolute Gasteiger partial charge is 0.277 e. The van der Waals surface area contributed by atoms with Crippen LogP contribution in [0.2, 0.25) is 10.0 Å². The van der Waals surface area contributed by atoms with E-state index in [4.69, 9.17) is 27.9 Å². The van der Waals surface area contributed by atoms with E-state index in [1.54, 1.807) is 18.2 Å². The molecule has 0 unspecified atom stereocenters. The highest BCUT2D eigenvalue weighted by Gasteiger charge is 2.07. The van der Waals surface area contributed by atoms with Crippen molar-refractivity contribution in [2.45, 2.75) is 26.7 Å². The van der Waals surface area contributed by atoms with E-state index in [1.807, 2.05) is 19.1 Å². The third-order valence-corrected chi connectivity index (χ3v) is 4.16. The Balaban J connectivity index is 1.90. The number of aryl methyl sites for hydroxylation is 1. The third kappa shape index (κ3) is 5.76. The lowest BCUT2D eigenvalue weighted by Crippen LogP contribution is -2.24. The van der Waals surface area contributed by atoms with Gasteiger partial charge in [0.2, 0.25) is 0 Å². The van der Waals surface area contributed by atoms with E-state index in [0.29, 0.717) is 27.3 Å². The van der Waals surface area contributed by atoms with Crippen LogP contribution in [0.5, 0.6) is 5.75 Å². The largest absolute Gasteiger partial charge is 0.483 e. The molecule has 0 atom stereocenters. The fourth-order valence-electron chi connectivity index (χ4n) is 2.09. The van der Waals surface area contributed by atoms with Crippen LogP contribution >= 0.6 is 23.2 Å². The summed E-state index contributed by atoms with van der Waals surface area (Å²) in [6.45, 7) is 6.04. The number of amides is 1. The Labute approximate surface area is 157 Å². The molecule has 0 saturated carbocycles. The molecule has 2 aromatic carbocycles. The zero-order chi connectivity index (χ0) is 18.4. The molecular formula is C19H20Cl2N2O2. The fourth-order valence-corrected chi connectivity index (χ4v) is 2.54. The maximum absolute atomic E-state index is 11.9. The average Bonchev–Trinajstić information content (AvgIpc) is 2.56. The number of hydrogen-bond donors (Lipinski definition) is 1.